The number of nitrogens with zero attached hydrogens (tertiary/aromatic N) is 3. The van der Waals surface area contributed by atoms with E-state index in [9.17, 15) is 4.79 Å². The van der Waals surface area contributed by atoms with Gasteiger partial charge in [-0.2, -0.15) is 0 Å². The van der Waals surface area contributed by atoms with Gasteiger partial charge in [0.2, 0.25) is 5.13 Å². The topological polar surface area (TPSA) is 80.9 Å². The van der Waals surface area contributed by atoms with Crippen molar-refractivity contribution in [3.8, 4) is 10.8 Å². The molecule has 0 unspecified atom stereocenters. The van der Waals surface area contributed by atoms with E-state index < -0.39 is 0 Å². The van der Waals surface area contributed by atoms with Gasteiger partial charge >= 0.3 is 0 Å². The first-order valence-corrected chi connectivity index (χ1v) is 10.4. The Kier molecular flexibility index (Phi) is 5.00. The van der Waals surface area contributed by atoms with E-state index in [0.717, 1.165) is 33.1 Å². The maximum absolute atomic E-state index is 12.5. The normalized spacial score (nSPS) is 11.4. The van der Waals surface area contributed by atoms with Crippen molar-refractivity contribution in [2.24, 2.45) is 0 Å². The molecule has 0 aliphatic carbocycles. The molecule has 0 spiro atoms. The molecule has 1 aromatic carbocycles. The average molecular weight is 399 g/mol. The molecule has 0 saturated heterocycles. The number of amides is 1. The number of benzene rings is 1. The number of carbonyl (C=O) groups excluding carboxylic acids is 1. The summed E-state index contributed by atoms with van der Waals surface area (Å²) in [5.41, 5.74) is 0.919. The monoisotopic (exact) mass is 398 g/mol. The van der Waals surface area contributed by atoms with Gasteiger partial charge in [0.05, 0.1) is 10.2 Å². The molecular formula is C19H18N4O2S2. The van der Waals surface area contributed by atoms with Gasteiger partial charge in [-0.1, -0.05) is 37.3 Å². The fourth-order valence-electron chi connectivity index (χ4n) is 2.80. The van der Waals surface area contributed by atoms with Gasteiger partial charge in [-0.3, -0.25) is 10.1 Å². The van der Waals surface area contributed by atoms with Crippen molar-refractivity contribution in [1.82, 2.24) is 15.2 Å². The number of fused-ring (bicyclic) bond motifs is 1. The Labute approximate surface area is 164 Å². The van der Waals surface area contributed by atoms with Gasteiger partial charge in [-0.05, 0) is 37.1 Å². The van der Waals surface area contributed by atoms with Crippen molar-refractivity contribution in [1.29, 1.82) is 0 Å². The Balaban J connectivity index is 1.50. The van der Waals surface area contributed by atoms with Gasteiger partial charge in [0.1, 0.15) is 5.01 Å². The first-order valence-electron chi connectivity index (χ1n) is 8.78. The van der Waals surface area contributed by atoms with Crippen molar-refractivity contribution in [3.05, 3.63) is 47.2 Å². The number of nitrogens with one attached hydrogen (secondary N) is 1. The molecule has 0 saturated carbocycles. The summed E-state index contributed by atoms with van der Waals surface area (Å²) >= 11 is 2.95. The SMILES string of the molecule is CCC(CC)c1nnc(NC(=O)c2ccc(-c3nc4ccccc4s3)o2)s1. The molecule has 138 valence electrons. The van der Waals surface area contributed by atoms with Gasteiger partial charge < -0.3 is 4.42 Å². The molecule has 1 N–H and O–H groups in total. The number of carbonyl (C=O) groups is 1. The molecular weight excluding hydrogens is 380 g/mol. The first kappa shape index (κ1) is 17.8. The molecule has 4 rings (SSSR count). The van der Waals surface area contributed by atoms with E-state index in [-0.39, 0.29) is 11.7 Å². The van der Waals surface area contributed by atoms with Gasteiger partial charge in [-0.25, -0.2) is 4.98 Å². The molecule has 3 aromatic heterocycles. The lowest BCUT2D eigenvalue weighted by molar-refractivity contribution is 0.0997. The van der Waals surface area contributed by atoms with Crippen LogP contribution >= 0.6 is 22.7 Å². The van der Waals surface area contributed by atoms with E-state index in [4.69, 9.17) is 4.42 Å². The Morgan fingerprint density at radius 1 is 1.11 bits per heavy atom. The van der Waals surface area contributed by atoms with Crippen molar-refractivity contribution in [3.63, 3.8) is 0 Å². The lowest BCUT2D eigenvalue weighted by Gasteiger charge is -2.05. The predicted octanol–water partition coefficient (Wildman–Crippen LogP) is 5.56. The maximum Gasteiger partial charge on any atom is 0.293 e. The van der Waals surface area contributed by atoms with E-state index in [1.165, 1.54) is 22.7 Å². The van der Waals surface area contributed by atoms with Crippen LogP contribution in [0.5, 0.6) is 0 Å². The summed E-state index contributed by atoms with van der Waals surface area (Å²) in [6, 6.07) is 11.3. The van der Waals surface area contributed by atoms with Crippen LogP contribution < -0.4 is 5.32 Å². The summed E-state index contributed by atoms with van der Waals surface area (Å²) in [4.78, 5) is 17.0. The van der Waals surface area contributed by atoms with E-state index in [2.05, 4.69) is 34.3 Å². The van der Waals surface area contributed by atoms with Crippen molar-refractivity contribution in [2.45, 2.75) is 32.6 Å². The van der Waals surface area contributed by atoms with Crippen LogP contribution in [0.1, 0.15) is 48.2 Å². The third-order valence-electron chi connectivity index (χ3n) is 4.33. The Morgan fingerprint density at radius 3 is 2.70 bits per heavy atom. The maximum atomic E-state index is 12.5. The van der Waals surface area contributed by atoms with E-state index >= 15 is 0 Å². The van der Waals surface area contributed by atoms with Crippen LogP contribution in [0.25, 0.3) is 21.0 Å². The van der Waals surface area contributed by atoms with Crippen molar-refractivity contribution >= 4 is 43.9 Å². The molecule has 0 radical (unpaired) electrons. The molecule has 27 heavy (non-hydrogen) atoms. The fourth-order valence-corrected chi connectivity index (χ4v) is 4.73. The summed E-state index contributed by atoms with van der Waals surface area (Å²) in [6.45, 7) is 4.25. The Morgan fingerprint density at radius 2 is 1.93 bits per heavy atom. The zero-order valence-corrected chi connectivity index (χ0v) is 16.6. The first-order chi connectivity index (χ1) is 13.2. The molecule has 0 aliphatic rings. The molecule has 0 atom stereocenters. The summed E-state index contributed by atoms with van der Waals surface area (Å²) in [5.74, 6) is 0.844. The molecule has 4 aromatic rings. The summed E-state index contributed by atoms with van der Waals surface area (Å²) < 4.78 is 6.80. The molecule has 0 fully saturated rings. The van der Waals surface area contributed by atoms with Crippen molar-refractivity contribution < 1.29 is 9.21 Å². The summed E-state index contributed by atoms with van der Waals surface area (Å²) in [6.07, 6.45) is 2.01. The van der Waals surface area contributed by atoms with Gasteiger partial charge in [0, 0.05) is 5.92 Å². The van der Waals surface area contributed by atoms with Crippen LogP contribution in [-0.2, 0) is 0 Å². The highest BCUT2D eigenvalue weighted by atomic mass is 32.1. The number of rotatable bonds is 6. The Hall–Kier alpha value is -2.58. The lowest BCUT2D eigenvalue weighted by atomic mass is 10.1. The molecule has 8 heteroatoms. The summed E-state index contributed by atoms with van der Waals surface area (Å²) in [5, 5.41) is 13.2. The largest absolute Gasteiger partial charge is 0.448 e. The van der Waals surface area contributed by atoms with Crippen LogP contribution in [0, 0.1) is 0 Å². The second kappa shape index (κ2) is 7.58. The van der Waals surface area contributed by atoms with Gasteiger partial charge in [0.15, 0.2) is 16.5 Å². The number of hydrogen-bond acceptors (Lipinski definition) is 7. The predicted molar refractivity (Wildman–Crippen MR) is 109 cm³/mol. The third-order valence-corrected chi connectivity index (χ3v) is 6.38. The van der Waals surface area contributed by atoms with Crippen LogP contribution in [0.3, 0.4) is 0 Å². The zero-order chi connectivity index (χ0) is 18.8. The number of para-hydroxylation sites is 1. The number of anilines is 1. The number of aromatic nitrogens is 3. The van der Waals surface area contributed by atoms with Gasteiger partial charge in [-0.15, -0.1) is 21.5 Å². The van der Waals surface area contributed by atoms with Crippen LogP contribution in [0.2, 0.25) is 0 Å². The van der Waals surface area contributed by atoms with Crippen LogP contribution in [0.4, 0.5) is 5.13 Å². The smallest absolute Gasteiger partial charge is 0.293 e. The van der Waals surface area contributed by atoms with Crippen LogP contribution in [-0.4, -0.2) is 21.1 Å². The second-order valence-corrected chi connectivity index (χ2v) is 8.10. The highest BCUT2D eigenvalue weighted by molar-refractivity contribution is 7.21. The third kappa shape index (κ3) is 3.63. The van der Waals surface area contributed by atoms with Crippen molar-refractivity contribution in [2.75, 3.05) is 5.32 Å². The van der Waals surface area contributed by atoms with E-state index in [1.807, 2.05) is 24.3 Å². The van der Waals surface area contributed by atoms with Gasteiger partial charge in [0.25, 0.3) is 5.91 Å². The zero-order valence-electron chi connectivity index (χ0n) is 14.9. The number of furan rings is 1. The summed E-state index contributed by atoms with van der Waals surface area (Å²) in [7, 11) is 0. The molecule has 0 aliphatic heterocycles. The quantitative estimate of drug-likeness (QED) is 0.459. The Bertz CT molecular complexity index is 1050. The molecule has 0 bridgehead atoms. The minimum Gasteiger partial charge on any atom is -0.448 e. The number of hydrogen-bond donors (Lipinski definition) is 1. The average Bonchev–Trinajstić information content (AvgIpc) is 3.41. The second-order valence-electron chi connectivity index (χ2n) is 6.06. The minimum atomic E-state index is -0.338. The molecule has 6 nitrogen and oxygen atoms in total. The highest BCUT2D eigenvalue weighted by Crippen LogP contribution is 2.32. The van der Waals surface area contributed by atoms with E-state index in [1.54, 1.807) is 12.1 Å². The van der Waals surface area contributed by atoms with E-state index in [0.29, 0.717) is 16.8 Å². The number of thiazole rings is 1. The van der Waals surface area contributed by atoms with Crippen LogP contribution in [0.15, 0.2) is 40.8 Å². The lowest BCUT2D eigenvalue weighted by Crippen LogP contribution is -2.10. The molecule has 3 heterocycles. The standard InChI is InChI=1S/C19H18N4O2S2/c1-3-11(4-2)17-22-23-19(27-17)21-16(24)13-9-10-14(25-13)18-20-12-7-5-6-8-15(12)26-18/h5-11H,3-4H2,1-2H3,(H,21,23,24). The fraction of sp³-hybridized carbons (Fsp3) is 0.263. The minimum absolute atomic E-state index is 0.225. The highest BCUT2D eigenvalue weighted by Gasteiger charge is 2.18. The molecule has 1 amide bonds.